The minimum atomic E-state index is 0.442. The molecule has 0 spiro atoms. The summed E-state index contributed by atoms with van der Waals surface area (Å²) in [7, 11) is 0. The average molecular weight is 290 g/mol. The Kier molecular flexibility index (Phi) is 2.96. The SMILES string of the molecule is Cc1nn(-c2ccccc2)c2c1/C(=N/c1ccccn1)CO2. The highest BCUT2D eigenvalue weighted by Crippen LogP contribution is 2.32. The van der Waals surface area contributed by atoms with Crippen LogP contribution in [-0.4, -0.2) is 27.1 Å². The van der Waals surface area contributed by atoms with E-state index in [1.807, 2.05) is 60.1 Å². The maximum atomic E-state index is 5.83. The molecule has 4 rings (SSSR count). The third-order valence-electron chi connectivity index (χ3n) is 3.55. The van der Waals surface area contributed by atoms with Gasteiger partial charge in [-0.25, -0.2) is 14.7 Å². The number of aryl methyl sites for hydroxylation is 1. The molecule has 3 aromatic rings. The standard InChI is InChI=1S/C17H14N4O/c1-12-16-14(19-15-9-5-6-10-18-15)11-22-17(16)21(20-12)13-7-3-2-4-8-13/h2-10H,11H2,1H3/b19-14+. The lowest BCUT2D eigenvalue weighted by atomic mass is 10.2. The maximum Gasteiger partial charge on any atom is 0.226 e. The van der Waals surface area contributed by atoms with E-state index in [4.69, 9.17) is 4.74 Å². The molecular weight excluding hydrogens is 276 g/mol. The van der Waals surface area contributed by atoms with Crippen molar-refractivity contribution in [3.05, 3.63) is 66.0 Å². The number of aromatic nitrogens is 3. The quantitative estimate of drug-likeness (QED) is 0.728. The molecule has 0 bridgehead atoms. The van der Waals surface area contributed by atoms with Gasteiger partial charge in [-0.15, -0.1) is 0 Å². The van der Waals surface area contributed by atoms with Crippen LogP contribution in [0.15, 0.2) is 59.7 Å². The van der Waals surface area contributed by atoms with Crippen molar-refractivity contribution in [1.29, 1.82) is 0 Å². The summed E-state index contributed by atoms with van der Waals surface area (Å²) in [4.78, 5) is 8.83. The topological polar surface area (TPSA) is 52.3 Å². The highest BCUT2D eigenvalue weighted by atomic mass is 16.5. The molecule has 22 heavy (non-hydrogen) atoms. The van der Waals surface area contributed by atoms with Crippen molar-refractivity contribution in [3.8, 4) is 11.6 Å². The fraction of sp³-hybridized carbons (Fsp3) is 0.118. The van der Waals surface area contributed by atoms with Crippen LogP contribution in [0, 0.1) is 6.92 Å². The van der Waals surface area contributed by atoms with E-state index in [0.29, 0.717) is 12.4 Å². The molecule has 5 heteroatoms. The molecule has 0 radical (unpaired) electrons. The first-order valence-corrected chi connectivity index (χ1v) is 7.10. The minimum absolute atomic E-state index is 0.442. The molecule has 0 unspecified atom stereocenters. The van der Waals surface area contributed by atoms with Crippen LogP contribution in [0.3, 0.4) is 0 Å². The van der Waals surface area contributed by atoms with E-state index in [9.17, 15) is 0 Å². The maximum absolute atomic E-state index is 5.83. The first-order chi connectivity index (χ1) is 10.8. The number of benzene rings is 1. The molecule has 3 heterocycles. The molecule has 5 nitrogen and oxygen atoms in total. The average Bonchev–Trinajstić information content (AvgIpc) is 3.11. The van der Waals surface area contributed by atoms with Crippen molar-refractivity contribution < 1.29 is 4.74 Å². The normalized spacial score (nSPS) is 14.9. The lowest BCUT2D eigenvalue weighted by Crippen LogP contribution is -2.06. The minimum Gasteiger partial charge on any atom is -0.471 e. The van der Waals surface area contributed by atoms with Gasteiger partial charge in [-0.05, 0) is 31.2 Å². The zero-order chi connectivity index (χ0) is 14.9. The predicted molar refractivity (Wildman–Crippen MR) is 84.2 cm³/mol. The third kappa shape index (κ3) is 2.07. The molecule has 0 amide bonds. The van der Waals surface area contributed by atoms with E-state index in [-0.39, 0.29) is 0 Å². The summed E-state index contributed by atoms with van der Waals surface area (Å²) in [6, 6.07) is 15.6. The fourth-order valence-corrected chi connectivity index (χ4v) is 2.57. The molecule has 0 saturated carbocycles. The molecule has 0 saturated heterocycles. The number of ether oxygens (including phenoxy) is 1. The Morgan fingerprint density at radius 2 is 1.91 bits per heavy atom. The van der Waals surface area contributed by atoms with Crippen LogP contribution in [0.2, 0.25) is 0 Å². The molecule has 2 aromatic heterocycles. The second-order valence-electron chi connectivity index (χ2n) is 5.05. The summed E-state index contributed by atoms with van der Waals surface area (Å²) in [5, 5.41) is 4.58. The number of pyridine rings is 1. The Balaban J connectivity index is 1.81. The van der Waals surface area contributed by atoms with Crippen LogP contribution in [0.25, 0.3) is 5.69 Å². The number of hydrogen-bond acceptors (Lipinski definition) is 4. The van der Waals surface area contributed by atoms with Crippen LogP contribution in [-0.2, 0) is 0 Å². The molecule has 0 N–H and O–H groups in total. The summed E-state index contributed by atoms with van der Waals surface area (Å²) < 4.78 is 7.66. The molecule has 0 atom stereocenters. The second kappa shape index (κ2) is 5.11. The van der Waals surface area contributed by atoms with Crippen molar-refractivity contribution >= 4 is 11.5 Å². The summed E-state index contributed by atoms with van der Waals surface area (Å²) >= 11 is 0. The van der Waals surface area contributed by atoms with E-state index in [0.717, 1.165) is 28.5 Å². The van der Waals surface area contributed by atoms with Crippen molar-refractivity contribution in [1.82, 2.24) is 14.8 Å². The van der Waals surface area contributed by atoms with Gasteiger partial charge in [-0.1, -0.05) is 24.3 Å². The van der Waals surface area contributed by atoms with Crippen LogP contribution < -0.4 is 4.74 Å². The number of aliphatic imine (C=N–C) groups is 1. The van der Waals surface area contributed by atoms with Crippen LogP contribution >= 0.6 is 0 Å². The highest BCUT2D eigenvalue weighted by molar-refractivity contribution is 6.07. The number of hydrogen-bond donors (Lipinski definition) is 0. The van der Waals surface area contributed by atoms with E-state index in [1.54, 1.807) is 6.20 Å². The molecule has 1 aliphatic rings. The van der Waals surface area contributed by atoms with Crippen molar-refractivity contribution in [2.45, 2.75) is 6.92 Å². The lowest BCUT2D eigenvalue weighted by molar-refractivity contribution is 0.364. The summed E-state index contributed by atoms with van der Waals surface area (Å²) in [5.41, 5.74) is 3.72. The Bertz CT molecular complexity index is 838. The summed E-state index contributed by atoms with van der Waals surface area (Å²) in [6.07, 6.45) is 1.73. The molecule has 0 aliphatic carbocycles. The van der Waals surface area contributed by atoms with Crippen molar-refractivity contribution in [2.24, 2.45) is 4.99 Å². The van der Waals surface area contributed by atoms with Gasteiger partial charge < -0.3 is 4.74 Å². The first-order valence-electron chi connectivity index (χ1n) is 7.10. The Hall–Kier alpha value is -2.95. The van der Waals surface area contributed by atoms with Gasteiger partial charge in [0.15, 0.2) is 5.82 Å². The second-order valence-corrected chi connectivity index (χ2v) is 5.05. The Morgan fingerprint density at radius 1 is 1.09 bits per heavy atom. The first kappa shape index (κ1) is 12.8. The van der Waals surface area contributed by atoms with E-state index < -0.39 is 0 Å². The number of fused-ring (bicyclic) bond motifs is 1. The van der Waals surface area contributed by atoms with Crippen molar-refractivity contribution in [2.75, 3.05) is 6.61 Å². The summed E-state index contributed by atoms with van der Waals surface area (Å²) in [6.45, 7) is 2.42. The predicted octanol–water partition coefficient (Wildman–Crippen LogP) is 3.09. The highest BCUT2D eigenvalue weighted by Gasteiger charge is 2.28. The van der Waals surface area contributed by atoms with Gasteiger partial charge in [-0.2, -0.15) is 5.10 Å². The van der Waals surface area contributed by atoms with Gasteiger partial charge in [0.05, 0.1) is 22.7 Å². The molecule has 1 aromatic carbocycles. The zero-order valence-corrected chi connectivity index (χ0v) is 12.1. The zero-order valence-electron chi connectivity index (χ0n) is 12.1. The van der Waals surface area contributed by atoms with Gasteiger partial charge >= 0.3 is 0 Å². The van der Waals surface area contributed by atoms with Crippen molar-refractivity contribution in [3.63, 3.8) is 0 Å². The summed E-state index contributed by atoms with van der Waals surface area (Å²) in [5.74, 6) is 1.43. The lowest BCUT2D eigenvalue weighted by Gasteiger charge is -2.04. The van der Waals surface area contributed by atoms with E-state index >= 15 is 0 Å². The number of nitrogens with zero attached hydrogens (tertiary/aromatic N) is 4. The van der Waals surface area contributed by atoms with Gasteiger partial charge in [0.25, 0.3) is 0 Å². The molecule has 0 fully saturated rings. The molecule has 1 aliphatic heterocycles. The van der Waals surface area contributed by atoms with Gasteiger partial charge in [0.1, 0.15) is 6.61 Å². The smallest absolute Gasteiger partial charge is 0.226 e. The monoisotopic (exact) mass is 290 g/mol. The van der Waals surface area contributed by atoms with Gasteiger partial charge in [0.2, 0.25) is 5.88 Å². The third-order valence-corrected chi connectivity index (χ3v) is 3.55. The number of rotatable bonds is 2. The van der Waals surface area contributed by atoms with Gasteiger partial charge in [-0.3, -0.25) is 0 Å². The van der Waals surface area contributed by atoms with Crippen LogP contribution in [0.1, 0.15) is 11.3 Å². The van der Waals surface area contributed by atoms with E-state index in [2.05, 4.69) is 15.1 Å². The Morgan fingerprint density at radius 3 is 2.68 bits per heavy atom. The number of para-hydroxylation sites is 1. The molecule has 108 valence electrons. The Labute approximate surface area is 127 Å². The van der Waals surface area contributed by atoms with Crippen LogP contribution in [0.5, 0.6) is 5.88 Å². The largest absolute Gasteiger partial charge is 0.471 e. The van der Waals surface area contributed by atoms with E-state index in [1.165, 1.54) is 0 Å². The molecular formula is C17H14N4O. The van der Waals surface area contributed by atoms with Gasteiger partial charge in [0, 0.05) is 6.20 Å². The van der Waals surface area contributed by atoms with Crippen LogP contribution in [0.4, 0.5) is 5.82 Å². The fourth-order valence-electron chi connectivity index (χ4n) is 2.57.